The normalized spacial score (nSPS) is 10.5. The van der Waals surface area contributed by atoms with Crippen LogP contribution in [-0.4, -0.2) is 29.8 Å². The Kier molecular flexibility index (Phi) is 9.53. The lowest BCUT2D eigenvalue weighted by Gasteiger charge is -2.22. The van der Waals surface area contributed by atoms with E-state index in [1.165, 1.54) is 12.1 Å². The summed E-state index contributed by atoms with van der Waals surface area (Å²) < 4.78 is 0. The highest BCUT2D eigenvalue weighted by Gasteiger charge is 2.19. The van der Waals surface area contributed by atoms with Crippen molar-refractivity contribution in [3.63, 3.8) is 0 Å². The lowest BCUT2D eigenvalue weighted by molar-refractivity contribution is -0.384. The summed E-state index contributed by atoms with van der Waals surface area (Å²) in [5, 5.41) is 31.0. The van der Waals surface area contributed by atoms with Crippen molar-refractivity contribution in [3.05, 3.63) is 74.4 Å². The zero-order chi connectivity index (χ0) is 25.1. The van der Waals surface area contributed by atoms with Gasteiger partial charge in [-0.2, -0.15) is 10.5 Å². The summed E-state index contributed by atoms with van der Waals surface area (Å²) in [5.74, 6) is 3.59. The number of hydrazine groups is 1. The number of carbonyl (C=O) groups is 2. The molecule has 0 aromatic heterocycles. The highest BCUT2D eigenvalue weighted by atomic mass is 35.5. The molecule has 0 atom stereocenters. The molecule has 0 unspecified atom stereocenters. The minimum Gasteiger partial charge on any atom is -0.369 e. The van der Waals surface area contributed by atoms with Gasteiger partial charge in [0.15, 0.2) is 0 Å². The van der Waals surface area contributed by atoms with E-state index in [9.17, 15) is 19.7 Å². The fraction of sp³-hybridized carbons (Fsp3) is 0.182. The number of benzene rings is 2. The van der Waals surface area contributed by atoms with Crippen molar-refractivity contribution in [1.82, 2.24) is 10.7 Å². The average Bonchev–Trinajstić information content (AvgIpc) is 2.83. The molecule has 0 radical (unpaired) electrons. The summed E-state index contributed by atoms with van der Waals surface area (Å²) in [7, 11) is 0. The van der Waals surface area contributed by atoms with Crippen LogP contribution in [0.2, 0.25) is 5.02 Å². The van der Waals surface area contributed by atoms with Gasteiger partial charge in [-0.15, -0.1) is 0 Å². The predicted molar refractivity (Wildman–Crippen MR) is 125 cm³/mol. The molecule has 2 aromatic carbocycles. The number of hydrogen-bond acceptors (Lipinski definition) is 8. The van der Waals surface area contributed by atoms with Gasteiger partial charge in [0.2, 0.25) is 0 Å². The Morgan fingerprint density at radius 2 is 1.74 bits per heavy atom. The minimum absolute atomic E-state index is 0.0326. The third-order valence-electron chi connectivity index (χ3n) is 4.59. The first-order valence-electron chi connectivity index (χ1n) is 9.87. The lowest BCUT2D eigenvalue weighted by Crippen LogP contribution is -2.38. The molecule has 34 heavy (non-hydrogen) atoms. The van der Waals surface area contributed by atoms with Crippen molar-refractivity contribution in [2.45, 2.75) is 12.8 Å². The molecule has 2 amide bonds. The van der Waals surface area contributed by atoms with Crippen LogP contribution in [0, 0.1) is 32.8 Å². The van der Waals surface area contributed by atoms with E-state index in [0.717, 1.165) is 17.8 Å². The van der Waals surface area contributed by atoms with Crippen LogP contribution in [0.15, 0.2) is 48.2 Å². The quantitative estimate of drug-likeness (QED) is 0.152. The number of nitriles is 2. The maximum absolute atomic E-state index is 12.7. The number of amides is 2. The molecule has 12 heteroatoms. The second-order valence-corrected chi connectivity index (χ2v) is 7.21. The molecule has 174 valence electrons. The van der Waals surface area contributed by atoms with Gasteiger partial charge < -0.3 is 10.2 Å². The van der Waals surface area contributed by atoms with Gasteiger partial charge >= 0.3 is 0 Å². The van der Waals surface area contributed by atoms with E-state index in [4.69, 9.17) is 28.0 Å². The fourth-order valence-corrected chi connectivity index (χ4v) is 3.12. The molecule has 0 bridgehead atoms. The number of hydrogen-bond donors (Lipinski definition) is 3. The first kappa shape index (κ1) is 25.8. The second kappa shape index (κ2) is 12.6. The van der Waals surface area contributed by atoms with Crippen LogP contribution in [0.25, 0.3) is 6.08 Å². The maximum Gasteiger partial charge on any atom is 0.281 e. The van der Waals surface area contributed by atoms with E-state index in [-0.39, 0.29) is 22.0 Å². The Balaban J connectivity index is 2.30. The van der Waals surface area contributed by atoms with Crippen LogP contribution in [-0.2, 0) is 4.79 Å². The van der Waals surface area contributed by atoms with Gasteiger partial charge in [0.25, 0.3) is 17.5 Å². The van der Waals surface area contributed by atoms with Crippen LogP contribution >= 0.6 is 11.6 Å². The van der Waals surface area contributed by atoms with Crippen molar-refractivity contribution in [3.8, 4) is 12.1 Å². The maximum atomic E-state index is 12.7. The van der Waals surface area contributed by atoms with Crippen molar-refractivity contribution in [2.24, 2.45) is 5.84 Å². The summed E-state index contributed by atoms with van der Waals surface area (Å²) in [6, 6.07) is 14.4. The molecule has 0 saturated carbocycles. The highest BCUT2D eigenvalue weighted by molar-refractivity contribution is 6.34. The standard InChI is InChI=1S/C22H20ClN7O4/c23-19-8-7-17(30(33)34)14-18(19)21(31)27-20(22(32)28-26)13-15-3-5-16(6-4-15)29(11-1-9-24)12-2-10-25/h3-8,13-14H,1-2,11-12,26H2,(H,27,31)(H,28,32). The number of halogens is 1. The number of non-ortho nitro benzene ring substituents is 1. The molecule has 0 spiro atoms. The zero-order valence-electron chi connectivity index (χ0n) is 17.8. The Hall–Kier alpha value is -4.45. The van der Waals surface area contributed by atoms with E-state index in [0.29, 0.717) is 31.5 Å². The number of nitro benzene ring substituents is 1. The van der Waals surface area contributed by atoms with Gasteiger partial charge in [0.05, 0.1) is 40.5 Å². The molecule has 2 aromatic rings. The van der Waals surface area contributed by atoms with Gasteiger partial charge in [0, 0.05) is 30.9 Å². The topological polar surface area (TPSA) is 178 Å². The number of nitrogens with one attached hydrogen (secondary N) is 2. The summed E-state index contributed by atoms with van der Waals surface area (Å²) >= 11 is 6.00. The SMILES string of the molecule is N#CCCN(CCC#N)c1ccc(C=C(NC(=O)c2cc([N+](=O)[O-])ccc2Cl)C(=O)NN)cc1. The molecule has 4 N–H and O–H groups in total. The predicted octanol–water partition coefficient (Wildman–Crippen LogP) is 2.64. The van der Waals surface area contributed by atoms with Gasteiger partial charge in [0.1, 0.15) is 5.70 Å². The fourth-order valence-electron chi connectivity index (χ4n) is 2.91. The third kappa shape index (κ3) is 7.03. The summed E-state index contributed by atoms with van der Waals surface area (Å²) in [6.45, 7) is 0.905. The molecule has 2 rings (SSSR count). The highest BCUT2D eigenvalue weighted by Crippen LogP contribution is 2.23. The zero-order valence-corrected chi connectivity index (χ0v) is 18.6. The van der Waals surface area contributed by atoms with Gasteiger partial charge in [-0.3, -0.25) is 25.1 Å². The number of nitrogens with zero attached hydrogens (tertiary/aromatic N) is 4. The Bertz CT molecular complexity index is 1170. The largest absolute Gasteiger partial charge is 0.369 e. The number of rotatable bonds is 10. The van der Waals surface area contributed by atoms with Gasteiger partial charge in [-0.25, -0.2) is 5.84 Å². The molecule has 11 nitrogen and oxygen atoms in total. The molecular formula is C22H20ClN7O4. The van der Waals surface area contributed by atoms with Crippen LogP contribution < -0.4 is 21.5 Å². The van der Waals surface area contributed by atoms with E-state index >= 15 is 0 Å². The van der Waals surface area contributed by atoms with Crippen LogP contribution in [0.5, 0.6) is 0 Å². The van der Waals surface area contributed by atoms with E-state index < -0.39 is 16.7 Å². The first-order valence-corrected chi connectivity index (χ1v) is 10.2. The minimum atomic E-state index is -0.834. The van der Waals surface area contributed by atoms with Gasteiger partial charge in [-0.05, 0) is 29.8 Å². The summed E-state index contributed by atoms with van der Waals surface area (Å²) in [6.07, 6.45) is 1.95. The summed E-state index contributed by atoms with van der Waals surface area (Å²) in [5.41, 5.74) is 2.50. The Morgan fingerprint density at radius 1 is 1.12 bits per heavy atom. The lowest BCUT2D eigenvalue weighted by atomic mass is 10.1. The van der Waals surface area contributed by atoms with Crippen LogP contribution in [0.1, 0.15) is 28.8 Å². The molecular weight excluding hydrogens is 462 g/mol. The molecule has 0 saturated heterocycles. The van der Waals surface area contributed by atoms with E-state index in [2.05, 4.69) is 17.5 Å². The van der Waals surface area contributed by atoms with Crippen molar-refractivity contribution in [1.29, 1.82) is 10.5 Å². The van der Waals surface area contributed by atoms with E-state index in [1.807, 2.05) is 10.3 Å². The van der Waals surface area contributed by atoms with Crippen molar-refractivity contribution < 1.29 is 14.5 Å². The number of nitro groups is 1. The van der Waals surface area contributed by atoms with Crippen LogP contribution in [0.3, 0.4) is 0 Å². The Labute approximate surface area is 200 Å². The smallest absolute Gasteiger partial charge is 0.281 e. The molecule has 0 fully saturated rings. The first-order chi connectivity index (χ1) is 16.3. The second-order valence-electron chi connectivity index (χ2n) is 6.80. The average molecular weight is 482 g/mol. The van der Waals surface area contributed by atoms with Crippen LogP contribution in [0.4, 0.5) is 11.4 Å². The van der Waals surface area contributed by atoms with Crippen molar-refractivity contribution in [2.75, 3.05) is 18.0 Å². The number of anilines is 1. The third-order valence-corrected chi connectivity index (χ3v) is 4.92. The number of nitrogens with two attached hydrogens (primary N) is 1. The van der Waals surface area contributed by atoms with Gasteiger partial charge in [-0.1, -0.05) is 23.7 Å². The Morgan fingerprint density at radius 3 is 2.26 bits per heavy atom. The number of carbonyl (C=O) groups excluding carboxylic acids is 2. The van der Waals surface area contributed by atoms with Crippen molar-refractivity contribution >= 4 is 40.9 Å². The molecule has 0 aliphatic carbocycles. The summed E-state index contributed by atoms with van der Waals surface area (Å²) in [4.78, 5) is 37.1. The molecule has 0 aliphatic rings. The molecule has 0 heterocycles. The monoisotopic (exact) mass is 481 g/mol. The molecule has 0 aliphatic heterocycles. The van der Waals surface area contributed by atoms with E-state index in [1.54, 1.807) is 24.3 Å².